The molecule has 0 aromatic rings. The third kappa shape index (κ3) is 4.64. The smallest absolute Gasteiger partial charge is 0.321 e. The monoisotopic (exact) mass is 163 g/mol. The lowest BCUT2D eigenvalue weighted by molar-refractivity contribution is -0.137. The second-order valence-electron chi connectivity index (χ2n) is 2.33. The van der Waals surface area contributed by atoms with Gasteiger partial charge in [-0.1, -0.05) is 13.8 Å². The molecule has 0 amide bonds. The highest BCUT2D eigenvalue weighted by Crippen LogP contribution is 2.09. The van der Waals surface area contributed by atoms with Crippen LogP contribution in [0.1, 0.15) is 13.8 Å². The summed E-state index contributed by atoms with van der Waals surface area (Å²) in [7, 11) is 0. The topological polar surface area (TPSA) is 63.3 Å². The maximum atomic E-state index is 10.2. The highest BCUT2D eigenvalue weighted by Gasteiger charge is 2.11. The van der Waals surface area contributed by atoms with Crippen LogP contribution in [0, 0.1) is 0 Å². The standard InChI is InChI=1S/C6H13NO2S/c1-4(2)10-3-5(7)6(8)9/h4-5H,3,7H2,1-2H3,(H,8,9). The summed E-state index contributed by atoms with van der Waals surface area (Å²) in [5.41, 5.74) is 5.24. The van der Waals surface area contributed by atoms with E-state index in [4.69, 9.17) is 10.8 Å². The van der Waals surface area contributed by atoms with Crippen LogP contribution in [0.5, 0.6) is 0 Å². The zero-order chi connectivity index (χ0) is 8.15. The molecule has 0 saturated heterocycles. The second-order valence-corrected chi connectivity index (χ2v) is 3.94. The average Bonchev–Trinajstić information content (AvgIpc) is 1.82. The minimum atomic E-state index is -0.923. The number of carboxylic acids is 1. The fraction of sp³-hybridized carbons (Fsp3) is 0.833. The second kappa shape index (κ2) is 4.57. The molecule has 60 valence electrons. The van der Waals surface area contributed by atoms with E-state index in [0.29, 0.717) is 11.0 Å². The first-order chi connectivity index (χ1) is 4.54. The van der Waals surface area contributed by atoms with Gasteiger partial charge in [-0.25, -0.2) is 0 Å². The molecule has 0 spiro atoms. The van der Waals surface area contributed by atoms with Gasteiger partial charge in [-0.2, -0.15) is 11.8 Å². The number of thioether (sulfide) groups is 1. The van der Waals surface area contributed by atoms with Gasteiger partial charge in [0.05, 0.1) is 0 Å². The Balaban J connectivity index is 3.40. The largest absolute Gasteiger partial charge is 0.480 e. The summed E-state index contributed by atoms with van der Waals surface area (Å²) < 4.78 is 0. The minimum absolute atomic E-state index is 0.449. The Kier molecular flexibility index (Phi) is 4.47. The third-order valence-electron chi connectivity index (χ3n) is 0.926. The molecule has 0 fully saturated rings. The molecule has 10 heavy (non-hydrogen) atoms. The summed E-state index contributed by atoms with van der Waals surface area (Å²) in [6.45, 7) is 4.03. The molecule has 0 bridgehead atoms. The first kappa shape index (κ1) is 9.78. The van der Waals surface area contributed by atoms with Gasteiger partial charge in [0.25, 0.3) is 0 Å². The van der Waals surface area contributed by atoms with Gasteiger partial charge in [0.1, 0.15) is 6.04 Å². The molecule has 3 N–H and O–H groups in total. The van der Waals surface area contributed by atoms with Gasteiger partial charge in [0, 0.05) is 5.75 Å². The molecule has 0 heterocycles. The Morgan fingerprint density at radius 3 is 2.50 bits per heavy atom. The number of carbonyl (C=O) groups is 1. The quantitative estimate of drug-likeness (QED) is 0.635. The zero-order valence-electron chi connectivity index (χ0n) is 6.20. The van der Waals surface area contributed by atoms with E-state index in [9.17, 15) is 4.79 Å². The van der Waals surface area contributed by atoms with Gasteiger partial charge in [-0.15, -0.1) is 0 Å². The minimum Gasteiger partial charge on any atom is -0.480 e. The normalized spacial score (nSPS) is 13.6. The van der Waals surface area contributed by atoms with Crippen molar-refractivity contribution < 1.29 is 9.90 Å². The van der Waals surface area contributed by atoms with Crippen molar-refractivity contribution in [3.05, 3.63) is 0 Å². The summed E-state index contributed by atoms with van der Waals surface area (Å²) in [6.07, 6.45) is 0. The molecule has 0 aromatic heterocycles. The van der Waals surface area contributed by atoms with Crippen molar-refractivity contribution in [1.29, 1.82) is 0 Å². The number of hydrogen-bond donors (Lipinski definition) is 2. The number of aliphatic carboxylic acids is 1. The predicted octanol–water partition coefficient (Wildman–Crippen LogP) is 0.540. The summed E-state index contributed by atoms with van der Waals surface area (Å²) in [6, 6.07) is -0.715. The van der Waals surface area contributed by atoms with Crippen molar-refractivity contribution in [2.24, 2.45) is 5.73 Å². The molecule has 0 aromatic carbocycles. The van der Waals surface area contributed by atoms with E-state index in [2.05, 4.69) is 0 Å². The highest BCUT2D eigenvalue weighted by molar-refractivity contribution is 7.99. The van der Waals surface area contributed by atoms with E-state index in [1.54, 1.807) is 11.8 Å². The molecule has 1 unspecified atom stereocenters. The van der Waals surface area contributed by atoms with E-state index in [1.165, 1.54) is 0 Å². The lowest BCUT2D eigenvalue weighted by atomic mass is 10.4. The summed E-state index contributed by atoms with van der Waals surface area (Å²) in [4.78, 5) is 10.2. The van der Waals surface area contributed by atoms with Crippen molar-refractivity contribution in [2.45, 2.75) is 25.1 Å². The van der Waals surface area contributed by atoms with Gasteiger partial charge in [0.15, 0.2) is 0 Å². The molecule has 3 nitrogen and oxygen atoms in total. The van der Waals surface area contributed by atoms with Gasteiger partial charge in [-0.3, -0.25) is 4.79 Å². The van der Waals surface area contributed by atoms with Gasteiger partial charge in [-0.05, 0) is 5.25 Å². The van der Waals surface area contributed by atoms with Crippen LogP contribution >= 0.6 is 11.8 Å². The molecule has 0 aliphatic heterocycles. The van der Waals surface area contributed by atoms with Crippen LogP contribution in [0.15, 0.2) is 0 Å². The van der Waals surface area contributed by atoms with E-state index in [-0.39, 0.29) is 0 Å². The number of rotatable bonds is 4. The number of carboxylic acid groups (broad SMARTS) is 1. The first-order valence-electron chi connectivity index (χ1n) is 3.14. The van der Waals surface area contributed by atoms with Gasteiger partial charge >= 0.3 is 5.97 Å². The van der Waals surface area contributed by atoms with Crippen molar-refractivity contribution >= 4 is 17.7 Å². The van der Waals surface area contributed by atoms with Crippen LogP contribution in [0.3, 0.4) is 0 Å². The van der Waals surface area contributed by atoms with Crippen molar-refractivity contribution in [3.63, 3.8) is 0 Å². The Morgan fingerprint density at radius 2 is 2.20 bits per heavy atom. The molecule has 0 saturated carbocycles. The van der Waals surface area contributed by atoms with E-state index < -0.39 is 12.0 Å². The molecule has 0 radical (unpaired) electrons. The van der Waals surface area contributed by atoms with E-state index >= 15 is 0 Å². The molecule has 1 atom stereocenters. The van der Waals surface area contributed by atoms with E-state index in [1.807, 2.05) is 13.8 Å². The summed E-state index contributed by atoms with van der Waals surface area (Å²) >= 11 is 1.56. The SMILES string of the molecule is CC(C)SCC(N)C(=O)O. The van der Waals surface area contributed by atoms with Gasteiger partial charge < -0.3 is 10.8 Å². The van der Waals surface area contributed by atoms with Crippen LogP contribution in [0.2, 0.25) is 0 Å². The molecule has 0 rings (SSSR count). The summed E-state index contributed by atoms with van der Waals surface area (Å²) in [5, 5.41) is 8.81. The number of hydrogen-bond acceptors (Lipinski definition) is 3. The molecule has 0 aliphatic carbocycles. The van der Waals surface area contributed by atoms with Crippen LogP contribution < -0.4 is 5.73 Å². The van der Waals surface area contributed by atoms with Gasteiger partial charge in [0.2, 0.25) is 0 Å². The van der Waals surface area contributed by atoms with Crippen LogP contribution in [0.4, 0.5) is 0 Å². The van der Waals surface area contributed by atoms with Crippen molar-refractivity contribution in [1.82, 2.24) is 0 Å². The van der Waals surface area contributed by atoms with Crippen molar-refractivity contribution in [2.75, 3.05) is 5.75 Å². The Bertz CT molecular complexity index is 116. The van der Waals surface area contributed by atoms with Crippen LogP contribution in [-0.4, -0.2) is 28.1 Å². The molecular formula is C6H13NO2S. The van der Waals surface area contributed by atoms with E-state index in [0.717, 1.165) is 0 Å². The lowest BCUT2D eigenvalue weighted by Crippen LogP contribution is -2.32. The third-order valence-corrected chi connectivity index (χ3v) is 2.14. The maximum absolute atomic E-state index is 10.2. The lowest BCUT2D eigenvalue weighted by Gasteiger charge is -2.07. The zero-order valence-corrected chi connectivity index (χ0v) is 7.02. The molecular weight excluding hydrogens is 150 g/mol. The fourth-order valence-electron chi connectivity index (χ4n) is 0.367. The number of nitrogens with two attached hydrogens (primary N) is 1. The summed E-state index contributed by atoms with van der Waals surface area (Å²) in [5.74, 6) is -0.430. The van der Waals surface area contributed by atoms with Crippen molar-refractivity contribution in [3.8, 4) is 0 Å². The Morgan fingerprint density at radius 1 is 1.70 bits per heavy atom. The molecule has 0 aliphatic rings. The molecule has 4 heteroatoms. The Hall–Kier alpha value is -0.220. The first-order valence-corrected chi connectivity index (χ1v) is 4.19. The maximum Gasteiger partial charge on any atom is 0.321 e. The van der Waals surface area contributed by atoms with Crippen LogP contribution in [-0.2, 0) is 4.79 Å². The highest BCUT2D eigenvalue weighted by atomic mass is 32.2. The Labute approximate surface area is 65.0 Å². The fourth-order valence-corrected chi connectivity index (χ4v) is 1.10. The van der Waals surface area contributed by atoms with Crippen LogP contribution in [0.25, 0.3) is 0 Å². The average molecular weight is 163 g/mol. The predicted molar refractivity (Wildman–Crippen MR) is 43.2 cm³/mol.